The molecule has 1 rings (SSSR count). The molecule has 98 valence electrons. The highest BCUT2D eigenvalue weighted by Crippen LogP contribution is 2.22. The van der Waals surface area contributed by atoms with E-state index < -0.39 is 9.84 Å². The van der Waals surface area contributed by atoms with Gasteiger partial charge in [-0.05, 0) is 18.6 Å². The van der Waals surface area contributed by atoms with Gasteiger partial charge in [-0.15, -0.1) is 0 Å². The van der Waals surface area contributed by atoms with E-state index in [0.717, 1.165) is 0 Å². The van der Waals surface area contributed by atoms with E-state index in [4.69, 9.17) is 21.6 Å². The van der Waals surface area contributed by atoms with E-state index in [0.29, 0.717) is 22.8 Å². The SMILES string of the molecule is CCCS(=O)(=O)CCOc1cc(Cl)ccc1C#N. The van der Waals surface area contributed by atoms with Crippen molar-refractivity contribution in [2.75, 3.05) is 18.1 Å². The Morgan fingerprint density at radius 1 is 1.39 bits per heavy atom. The van der Waals surface area contributed by atoms with E-state index in [1.807, 2.05) is 13.0 Å². The molecule has 0 spiro atoms. The normalized spacial score (nSPS) is 10.9. The largest absolute Gasteiger partial charge is 0.491 e. The van der Waals surface area contributed by atoms with Crippen molar-refractivity contribution in [1.29, 1.82) is 5.26 Å². The lowest BCUT2D eigenvalue weighted by Crippen LogP contribution is -2.17. The maximum Gasteiger partial charge on any atom is 0.153 e. The van der Waals surface area contributed by atoms with Gasteiger partial charge in [0, 0.05) is 11.1 Å². The molecule has 18 heavy (non-hydrogen) atoms. The number of benzene rings is 1. The van der Waals surface area contributed by atoms with Gasteiger partial charge in [0.05, 0.1) is 17.1 Å². The molecule has 0 aliphatic rings. The van der Waals surface area contributed by atoms with Crippen molar-refractivity contribution in [3.05, 3.63) is 28.8 Å². The molecule has 1 aromatic rings. The Hall–Kier alpha value is -1.25. The smallest absolute Gasteiger partial charge is 0.153 e. The van der Waals surface area contributed by atoms with Crippen LogP contribution in [0.25, 0.3) is 0 Å². The standard InChI is InChI=1S/C12H14ClNO3S/c1-2-6-18(15,16)7-5-17-12-8-11(13)4-3-10(12)9-14/h3-4,8H,2,5-7H2,1H3. The zero-order chi connectivity index (χ0) is 13.6. The Morgan fingerprint density at radius 3 is 2.72 bits per heavy atom. The third-order valence-corrected chi connectivity index (χ3v) is 4.29. The maximum atomic E-state index is 11.5. The Balaban J connectivity index is 2.65. The number of hydrogen-bond donors (Lipinski definition) is 0. The van der Waals surface area contributed by atoms with Crippen molar-refractivity contribution >= 4 is 21.4 Å². The monoisotopic (exact) mass is 287 g/mol. The molecule has 0 amide bonds. The van der Waals surface area contributed by atoms with Gasteiger partial charge in [-0.1, -0.05) is 18.5 Å². The van der Waals surface area contributed by atoms with Crippen LogP contribution >= 0.6 is 11.6 Å². The average molecular weight is 288 g/mol. The maximum absolute atomic E-state index is 11.5. The van der Waals surface area contributed by atoms with Gasteiger partial charge >= 0.3 is 0 Å². The van der Waals surface area contributed by atoms with Crippen LogP contribution in [0.2, 0.25) is 5.02 Å². The van der Waals surface area contributed by atoms with Crippen LogP contribution in [-0.2, 0) is 9.84 Å². The Bertz CT molecular complexity index is 549. The van der Waals surface area contributed by atoms with Crippen molar-refractivity contribution in [2.45, 2.75) is 13.3 Å². The predicted molar refractivity (Wildman–Crippen MR) is 70.6 cm³/mol. The molecule has 0 aliphatic carbocycles. The van der Waals surface area contributed by atoms with E-state index in [2.05, 4.69) is 0 Å². The second kappa shape index (κ2) is 6.62. The summed E-state index contributed by atoms with van der Waals surface area (Å²) in [4.78, 5) is 0. The van der Waals surface area contributed by atoms with Crippen LogP contribution in [0.15, 0.2) is 18.2 Å². The third kappa shape index (κ3) is 4.55. The van der Waals surface area contributed by atoms with Gasteiger partial charge in [0.1, 0.15) is 18.4 Å². The first-order valence-electron chi connectivity index (χ1n) is 5.51. The summed E-state index contributed by atoms with van der Waals surface area (Å²) in [5.41, 5.74) is 0.340. The fourth-order valence-electron chi connectivity index (χ4n) is 1.40. The van der Waals surface area contributed by atoms with Gasteiger partial charge in [-0.2, -0.15) is 5.26 Å². The van der Waals surface area contributed by atoms with Crippen molar-refractivity contribution in [2.24, 2.45) is 0 Å². The van der Waals surface area contributed by atoms with E-state index in [9.17, 15) is 8.42 Å². The molecule has 0 aromatic heterocycles. The number of ether oxygens (including phenoxy) is 1. The van der Waals surface area contributed by atoms with Gasteiger partial charge in [0.15, 0.2) is 9.84 Å². The predicted octanol–water partition coefficient (Wildman–Crippen LogP) is 2.42. The number of sulfone groups is 1. The lowest BCUT2D eigenvalue weighted by molar-refractivity contribution is 0.340. The van der Waals surface area contributed by atoms with Gasteiger partial charge in [0.25, 0.3) is 0 Å². The quantitative estimate of drug-likeness (QED) is 0.806. The molecule has 0 bridgehead atoms. The first-order valence-corrected chi connectivity index (χ1v) is 7.71. The van der Waals surface area contributed by atoms with Crippen molar-refractivity contribution in [3.8, 4) is 11.8 Å². The molecule has 6 heteroatoms. The van der Waals surface area contributed by atoms with Crippen molar-refractivity contribution in [3.63, 3.8) is 0 Å². The first-order chi connectivity index (χ1) is 8.48. The molecule has 0 fully saturated rings. The number of hydrogen-bond acceptors (Lipinski definition) is 4. The summed E-state index contributed by atoms with van der Waals surface area (Å²) in [6, 6.07) is 6.59. The van der Waals surface area contributed by atoms with Crippen molar-refractivity contribution < 1.29 is 13.2 Å². The Morgan fingerprint density at radius 2 is 2.11 bits per heavy atom. The molecule has 0 unspecified atom stereocenters. The molecule has 0 saturated carbocycles. The van der Waals surface area contributed by atoms with Crippen LogP contribution in [0.3, 0.4) is 0 Å². The van der Waals surface area contributed by atoms with Crippen molar-refractivity contribution in [1.82, 2.24) is 0 Å². The minimum atomic E-state index is -3.07. The fraction of sp³-hybridized carbons (Fsp3) is 0.417. The number of halogens is 1. The van der Waals surface area contributed by atoms with Crippen LogP contribution < -0.4 is 4.74 Å². The second-order valence-electron chi connectivity index (χ2n) is 3.75. The summed E-state index contributed by atoms with van der Waals surface area (Å²) in [7, 11) is -3.07. The van der Waals surface area contributed by atoms with Crippen LogP contribution in [-0.4, -0.2) is 26.5 Å². The Kier molecular flexibility index (Phi) is 5.45. The van der Waals surface area contributed by atoms with Crippen LogP contribution in [0, 0.1) is 11.3 Å². The lowest BCUT2D eigenvalue weighted by Gasteiger charge is -2.08. The van der Waals surface area contributed by atoms with E-state index >= 15 is 0 Å². The summed E-state index contributed by atoms with van der Waals surface area (Å²) in [6.07, 6.45) is 0.586. The Labute approximate surface area is 112 Å². The van der Waals surface area contributed by atoms with Gasteiger partial charge in [-0.25, -0.2) is 8.42 Å². The summed E-state index contributed by atoms with van der Waals surface area (Å²) >= 11 is 5.78. The molecule has 0 saturated heterocycles. The zero-order valence-corrected chi connectivity index (χ0v) is 11.6. The number of rotatable bonds is 6. The van der Waals surface area contributed by atoms with Gasteiger partial charge in [-0.3, -0.25) is 0 Å². The third-order valence-electron chi connectivity index (χ3n) is 2.23. The summed E-state index contributed by atoms with van der Waals surface area (Å²) in [5.74, 6) is 0.409. The molecule has 0 N–H and O–H groups in total. The van der Waals surface area contributed by atoms with E-state index in [-0.39, 0.29) is 18.1 Å². The molecule has 4 nitrogen and oxygen atoms in total. The number of nitriles is 1. The van der Waals surface area contributed by atoms with Crippen LogP contribution in [0.5, 0.6) is 5.75 Å². The minimum Gasteiger partial charge on any atom is -0.491 e. The summed E-state index contributed by atoms with van der Waals surface area (Å²) in [6.45, 7) is 1.83. The number of nitrogens with zero attached hydrogens (tertiary/aromatic N) is 1. The molecule has 0 heterocycles. The molecular weight excluding hydrogens is 274 g/mol. The second-order valence-corrected chi connectivity index (χ2v) is 6.49. The molecular formula is C12H14ClNO3S. The molecule has 1 aromatic carbocycles. The molecule has 0 radical (unpaired) electrons. The highest BCUT2D eigenvalue weighted by atomic mass is 35.5. The summed E-state index contributed by atoms with van der Waals surface area (Å²) in [5, 5.41) is 9.31. The van der Waals surface area contributed by atoms with Gasteiger partial charge < -0.3 is 4.74 Å². The molecule has 0 atom stereocenters. The lowest BCUT2D eigenvalue weighted by atomic mass is 10.2. The van der Waals surface area contributed by atoms with Crippen LogP contribution in [0.4, 0.5) is 0 Å². The average Bonchev–Trinajstić information content (AvgIpc) is 2.29. The summed E-state index contributed by atoms with van der Waals surface area (Å²) < 4.78 is 28.2. The van der Waals surface area contributed by atoms with E-state index in [1.165, 1.54) is 12.1 Å². The minimum absolute atomic E-state index is 0.0252. The highest BCUT2D eigenvalue weighted by molar-refractivity contribution is 7.91. The zero-order valence-electron chi connectivity index (χ0n) is 10.0. The fourth-order valence-corrected chi connectivity index (χ4v) is 2.73. The van der Waals surface area contributed by atoms with E-state index in [1.54, 1.807) is 6.07 Å². The highest BCUT2D eigenvalue weighted by Gasteiger charge is 2.10. The first kappa shape index (κ1) is 14.8. The van der Waals surface area contributed by atoms with Crippen LogP contribution in [0.1, 0.15) is 18.9 Å². The van der Waals surface area contributed by atoms with Gasteiger partial charge in [0.2, 0.25) is 0 Å². The topological polar surface area (TPSA) is 67.2 Å². The molecule has 0 aliphatic heterocycles.